The highest BCUT2D eigenvalue weighted by atomic mass is 16.6. The predicted molar refractivity (Wildman–Crippen MR) is 164 cm³/mol. The molecule has 0 radical (unpaired) electrons. The number of anilines is 1. The van der Waals surface area contributed by atoms with Crippen LogP contribution >= 0.6 is 0 Å². The summed E-state index contributed by atoms with van der Waals surface area (Å²) in [7, 11) is 4.80. The van der Waals surface area contributed by atoms with E-state index in [1.54, 1.807) is 26.2 Å². The lowest BCUT2D eigenvalue weighted by atomic mass is 9.97. The second-order valence-electron chi connectivity index (χ2n) is 11.5. The van der Waals surface area contributed by atoms with Gasteiger partial charge in [0.15, 0.2) is 11.5 Å². The third-order valence-corrected chi connectivity index (χ3v) is 8.74. The van der Waals surface area contributed by atoms with Crippen molar-refractivity contribution in [1.82, 2.24) is 25.0 Å². The molecule has 0 spiro atoms. The summed E-state index contributed by atoms with van der Waals surface area (Å²) in [6.45, 7) is 7.52. The van der Waals surface area contributed by atoms with Gasteiger partial charge in [0, 0.05) is 69.3 Å². The van der Waals surface area contributed by atoms with Gasteiger partial charge in [-0.1, -0.05) is 6.92 Å². The fourth-order valence-corrected chi connectivity index (χ4v) is 6.27. The summed E-state index contributed by atoms with van der Waals surface area (Å²) >= 11 is 0. The summed E-state index contributed by atoms with van der Waals surface area (Å²) in [6.07, 6.45) is 1.73. The molecule has 0 aliphatic carbocycles. The van der Waals surface area contributed by atoms with Gasteiger partial charge < -0.3 is 34.1 Å². The predicted octanol–water partition coefficient (Wildman–Crippen LogP) is 2.10. The highest BCUT2D eigenvalue weighted by Gasteiger charge is 2.29. The molecular formula is C31H44N6O7. The second kappa shape index (κ2) is 14.2. The summed E-state index contributed by atoms with van der Waals surface area (Å²) in [4.78, 5) is 51.1. The highest BCUT2D eigenvalue weighted by molar-refractivity contribution is 5.92. The molecule has 240 valence electrons. The van der Waals surface area contributed by atoms with Gasteiger partial charge in [0.2, 0.25) is 17.6 Å². The van der Waals surface area contributed by atoms with Crippen LogP contribution in [0, 0.1) is 5.92 Å². The number of hydrogen-bond acceptors (Lipinski definition) is 10. The Morgan fingerprint density at radius 2 is 1.86 bits per heavy atom. The molecule has 1 N–H and O–H groups in total. The maximum Gasteiger partial charge on any atom is 0.410 e. The van der Waals surface area contributed by atoms with E-state index < -0.39 is 6.09 Å². The van der Waals surface area contributed by atoms with Crippen molar-refractivity contribution >= 4 is 34.6 Å². The lowest BCUT2D eigenvalue weighted by Crippen LogP contribution is -2.45. The molecule has 3 aliphatic rings. The fraction of sp³-hybridized carbons (Fsp3) is 0.613. The zero-order valence-corrected chi connectivity index (χ0v) is 26.2. The first-order valence-corrected chi connectivity index (χ1v) is 15.4. The number of likely N-dealkylation sites (N-methyl/N-ethyl adjacent to an activating group) is 1. The molecule has 2 fully saturated rings. The molecule has 3 aliphatic heterocycles. The number of pyridine rings is 1. The summed E-state index contributed by atoms with van der Waals surface area (Å²) in [5.74, 6) is 2.51. The van der Waals surface area contributed by atoms with Gasteiger partial charge in [-0.2, -0.15) is 0 Å². The van der Waals surface area contributed by atoms with Crippen LogP contribution in [0.1, 0.15) is 31.7 Å². The number of carbonyl (C=O) groups excluding carboxylic acids is 3. The molecule has 1 unspecified atom stereocenters. The van der Waals surface area contributed by atoms with Crippen molar-refractivity contribution in [3.8, 4) is 17.2 Å². The van der Waals surface area contributed by atoms with Gasteiger partial charge in [0.1, 0.15) is 19.0 Å². The van der Waals surface area contributed by atoms with Crippen LogP contribution in [0.15, 0.2) is 12.1 Å². The zero-order chi connectivity index (χ0) is 31.2. The first kappa shape index (κ1) is 31.4. The van der Waals surface area contributed by atoms with Gasteiger partial charge in [-0.15, -0.1) is 0 Å². The van der Waals surface area contributed by atoms with Crippen molar-refractivity contribution in [3.05, 3.63) is 17.7 Å². The maximum atomic E-state index is 13.3. The number of carbonyl (C=O) groups is 3. The normalized spacial score (nSPS) is 20.4. The third kappa shape index (κ3) is 6.87. The number of piperidine rings is 1. The van der Waals surface area contributed by atoms with Crippen molar-refractivity contribution in [1.29, 1.82) is 0 Å². The molecule has 44 heavy (non-hydrogen) atoms. The van der Waals surface area contributed by atoms with Gasteiger partial charge in [-0.25, -0.2) is 9.78 Å². The van der Waals surface area contributed by atoms with E-state index >= 15 is 0 Å². The Bertz CT molecular complexity index is 1370. The number of cyclic esters (lactones) is 1. The minimum Gasteiger partial charge on any atom is -0.493 e. The van der Waals surface area contributed by atoms with Crippen LogP contribution < -0.4 is 24.4 Å². The molecule has 2 saturated heterocycles. The van der Waals surface area contributed by atoms with Crippen molar-refractivity contribution in [2.45, 2.75) is 32.7 Å². The quantitative estimate of drug-likeness (QED) is 0.519. The number of rotatable bonds is 6. The summed E-state index contributed by atoms with van der Waals surface area (Å²) in [5, 5.41) is 3.92. The molecule has 0 saturated carbocycles. The molecule has 4 heterocycles. The van der Waals surface area contributed by atoms with Crippen molar-refractivity contribution in [2.75, 3.05) is 91.7 Å². The number of benzene rings is 1. The number of hydrogen-bond donors (Lipinski definition) is 1. The summed E-state index contributed by atoms with van der Waals surface area (Å²) in [6, 6.07) is 4.01. The van der Waals surface area contributed by atoms with E-state index in [-0.39, 0.29) is 43.8 Å². The van der Waals surface area contributed by atoms with Crippen LogP contribution in [0.25, 0.3) is 10.9 Å². The molecule has 1 aromatic carbocycles. The van der Waals surface area contributed by atoms with E-state index in [1.807, 2.05) is 6.07 Å². The van der Waals surface area contributed by atoms with Crippen LogP contribution in [0.2, 0.25) is 0 Å². The van der Waals surface area contributed by atoms with Gasteiger partial charge >= 0.3 is 6.09 Å². The Balaban J connectivity index is 1.50. The fourth-order valence-electron chi connectivity index (χ4n) is 6.27. The van der Waals surface area contributed by atoms with Crippen LogP contribution in [0.3, 0.4) is 0 Å². The number of nitrogens with zero attached hydrogens (tertiary/aromatic N) is 5. The standard InChI is InChI=1S/C31H44N6O7/c1-5-34-11-12-35(27(39)20-37-13-14-44-31(37)40)10-8-26(38)32-17-21-7-6-9-36(18-21)30-22(19-34)15-23-24(33-30)16-25(41-2)29(43-4)28(23)42-3/h15-16,21H,5-14,17-20H2,1-4H3,(H,32,38). The van der Waals surface area contributed by atoms with E-state index in [2.05, 4.69) is 28.1 Å². The van der Waals surface area contributed by atoms with Crippen LogP contribution in [0.5, 0.6) is 17.2 Å². The average molecular weight is 613 g/mol. The average Bonchev–Trinajstić information content (AvgIpc) is 3.44. The third-order valence-electron chi connectivity index (χ3n) is 8.74. The van der Waals surface area contributed by atoms with E-state index in [0.29, 0.717) is 50.0 Å². The summed E-state index contributed by atoms with van der Waals surface area (Å²) in [5.41, 5.74) is 1.79. The Morgan fingerprint density at radius 3 is 2.57 bits per heavy atom. The number of methoxy groups -OCH3 is 3. The molecule has 2 bridgehead atoms. The molecule has 2 aromatic rings. The van der Waals surface area contributed by atoms with Gasteiger partial charge in [0.25, 0.3) is 0 Å². The number of amides is 3. The number of nitrogens with one attached hydrogen (secondary N) is 1. The smallest absolute Gasteiger partial charge is 0.410 e. The van der Waals surface area contributed by atoms with Crippen LogP contribution in [0.4, 0.5) is 10.6 Å². The van der Waals surface area contributed by atoms with Gasteiger partial charge in [-0.3, -0.25) is 19.4 Å². The first-order chi connectivity index (χ1) is 21.3. The molecule has 1 aromatic heterocycles. The summed E-state index contributed by atoms with van der Waals surface area (Å²) < 4.78 is 22.1. The van der Waals surface area contributed by atoms with Gasteiger partial charge in [0.05, 0.1) is 33.4 Å². The number of fused-ring (bicyclic) bond motifs is 5. The monoisotopic (exact) mass is 612 g/mol. The topological polar surface area (TPSA) is 126 Å². The molecule has 13 heteroatoms. The lowest BCUT2D eigenvalue weighted by Gasteiger charge is -2.35. The Morgan fingerprint density at radius 1 is 1.05 bits per heavy atom. The molecular weight excluding hydrogens is 568 g/mol. The Kier molecular flexibility index (Phi) is 10.1. The Hall–Kier alpha value is -4.00. The first-order valence-electron chi connectivity index (χ1n) is 15.4. The SMILES string of the molecule is CCN1CCN(C(=O)CN2CCOC2=O)CCC(=O)NCC2CCCN(C2)c2nc3cc(OC)c(OC)c(OC)c3cc2C1. The van der Waals surface area contributed by atoms with Crippen molar-refractivity contribution in [2.24, 2.45) is 5.92 Å². The van der Waals surface area contributed by atoms with Crippen LogP contribution in [-0.2, 0) is 20.9 Å². The van der Waals surface area contributed by atoms with Gasteiger partial charge in [-0.05, 0) is 31.4 Å². The second-order valence-corrected chi connectivity index (χ2v) is 11.5. The van der Waals surface area contributed by atoms with E-state index in [1.165, 1.54) is 4.90 Å². The van der Waals surface area contributed by atoms with Crippen molar-refractivity contribution < 1.29 is 33.3 Å². The number of aromatic nitrogens is 1. The highest BCUT2D eigenvalue weighted by Crippen LogP contribution is 2.44. The maximum absolute atomic E-state index is 13.3. The minimum atomic E-state index is -0.480. The molecule has 5 rings (SSSR count). The largest absolute Gasteiger partial charge is 0.493 e. The number of ether oxygens (including phenoxy) is 4. The molecule has 1 atom stereocenters. The minimum absolute atomic E-state index is 0.0621. The van der Waals surface area contributed by atoms with E-state index in [9.17, 15) is 14.4 Å². The van der Waals surface area contributed by atoms with Crippen molar-refractivity contribution in [3.63, 3.8) is 0 Å². The van der Waals surface area contributed by atoms with Crippen LogP contribution in [-0.4, -0.2) is 124 Å². The van der Waals surface area contributed by atoms with E-state index in [0.717, 1.165) is 54.8 Å². The van der Waals surface area contributed by atoms with E-state index in [4.69, 9.17) is 23.9 Å². The lowest BCUT2D eigenvalue weighted by molar-refractivity contribution is -0.132. The molecule has 13 nitrogen and oxygen atoms in total. The Labute approximate surface area is 258 Å². The zero-order valence-electron chi connectivity index (χ0n) is 26.2. The molecule has 3 amide bonds.